The molecule has 3 heterocycles. The molecule has 12 nitrogen and oxygen atoms in total. The summed E-state index contributed by atoms with van der Waals surface area (Å²) in [6, 6.07) is -0.837. The van der Waals surface area contributed by atoms with Gasteiger partial charge in [0.2, 0.25) is 11.8 Å². The van der Waals surface area contributed by atoms with E-state index in [1.54, 1.807) is 6.92 Å². The van der Waals surface area contributed by atoms with Gasteiger partial charge in [-0.3, -0.25) is 14.5 Å². The first-order chi connectivity index (χ1) is 12.4. The molecule has 2 amide bonds. The zero-order valence-electron chi connectivity index (χ0n) is 13.4. The highest BCUT2D eigenvalue weighted by Gasteiger charge is 2.54. The fourth-order valence-corrected chi connectivity index (χ4v) is 4.04. The second-order valence-corrected chi connectivity index (χ2v) is 6.61. The number of aromatic nitrogens is 2. The van der Waals surface area contributed by atoms with Crippen LogP contribution in [-0.4, -0.2) is 61.6 Å². The van der Waals surface area contributed by atoms with Crippen molar-refractivity contribution in [2.75, 3.05) is 12.3 Å². The van der Waals surface area contributed by atoms with E-state index in [-0.39, 0.29) is 30.2 Å². The van der Waals surface area contributed by atoms with Gasteiger partial charge >= 0.3 is 5.97 Å². The second-order valence-electron chi connectivity index (χ2n) is 5.51. The number of carboxylic acid groups (broad SMARTS) is 1. The zero-order valence-corrected chi connectivity index (χ0v) is 14.3. The fraction of sp³-hybridized carbons (Fsp3) is 0.462. The highest BCUT2D eigenvalue weighted by atomic mass is 32.2. The predicted molar refractivity (Wildman–Crippen MR) is 86.4 cm³/mol. The van der Waals surface area contributed by atoms with Crippen LogP contribution in [0.25, 0.3) is 10.4 Å². The molecular formula is C13H13N7O5S. The lowest BCUT2D eigenvalue weighted by molar-refractivity contribution is -0.150. The standard InChI is InChI=1S/C13H13N7O5S/c1-5-16-7(18-25-5)2-8(21)17-9-11(22)20-10(13(23)24)6(3-15-19-14)4-26-12(9)20/h9,12H,2-4H2,1H3,(H,17,21)(H,23,24)/t9?,12-/m1/s1. The molecule has 26 heavy (non-hydrogen) atoms. The van der Waals surface area contributed by atoms with Crippen molar-refractivity contribution in [3.05, 3.63) is 33.4 Å². The molecule has 0 radical (unpaired) electrons. The first-order valence-corrected chi connectivity index (χ1v) is 8.46. The number of rotatable bonds is 6. The molecule has 136 valence electrons. The molecule has 3 rings (SSSR count). The van der Waals surface area contributed by atoms with Crippen molar-refractivity contribution in [3.8, 4) is 0 Å². The summed E-state index contributed by atoms with van der Waals surface area (Å²) in [7, 11) is 0. The number of amides is 2. The minimum atomic E-state index is -1.28. The highest BCUT2D eigenvalue weighted by molar-refractivity contribution is 8.00. The Balaban J connectivity index is 1.70. The molecule has 1 aromatic rings. The van der Waals surface area contributed by atoms with E-state index in [2.05, 4.69) is 25.5 Å². The molecule has 0 aliphatic carbocycles. The van der Waals surface area contributed by atoms with Gasteiger partial charge in [-0.2, -0.15) is 4.98 Å². The van der Waals surface area contributed by atoms with Crippen LogP contribution in [0.2, 0.25) is 0 Å². The third-order valence-corrected chi connectivity index (χ3v) is 5.12. The van der Waals surface area contributed by atoms with Crippen molar-refractivity contribution in [3.63, 3.8) is 0 Å². The van der Waals surface area contributed by atoms with Crippen LogP contribution in [0.4, 0.5) is 0 Å². The van der Waals surface area contributed by atoms with Crippen LogP contribution in [0.1, 0.15) is 11.7 Å². The van der Waals surface area contributed by atoms with E-state index in [0.29, 0.717) is 11.5 Å². The molecule has 0 spiro atoms. The Bertz CT molecular complexity index is 859. The Morgan fingerprint density at radius 2 is 2.35 bits per heavy atom. The van der Waals surface area contributed by atoms with Gasteiger partial charge in [-0.25, -0.2) is 4.79 Å². The molecule has 0 bridgehead atoms. The van der Waals surface area contributed by atoms with Crippen molar-refractivity contribution < 1.29 is 24.0 Å². The van der Waals surface area contributed by atoms with Crippen molar-refractivity contribution in [2.24, 2.45) is 5.11 Å². The van der Waals surface area contributed by atoms with Gasteiger partial charge in [-0.05, 0) is 11.1 Å². The number of fused-ring (bicyclic) bond motifs is 1. The van der Waals surface area contributed by atoms with E-state index in [0.717, 1.165) is 4.90 Å². The number of carbonyl (C=O) groups is 3. The number of azide groups is 1. The van der Waals surface area contributed by atoms with Crippen LogP contribution >= 0.6 is 11.8 Å². The number of β-lactam (4-membered cyclic amide) rings is 1. The first kappa shape index (κ1) is 17.8. The van der Waals surface area contributed by atoms with Crippen LogP contribution in [0.5, 0.6) is 0 Å². The maximum atomic E-state index is 12.4. The minimum Gasteiger partial charge on any atom is -0.477 e. The summed E-state index contributed by atoms with van der Waals surface area (Å²) in [5.41, 5.74) is 8.57. The van der Waals surface area contributed by atoms with E-state index in [1.165, 1.54) is 11.8 Å². The average molecular weight is 379 g/mol. The van der Waals surface area contributed by atoms with Crippen LogP contribution in [-0.2, 0) is 20.8 Å². The second kappa shape index (κ2) is 7.06. The summed E-state index contributed by atoms with van der Waals surface area (Å²) in [5.74, 6) is -1.47. The van der Waals surface area contributed by atoms with Crippen molar-refractivity contribution in [1.29, 1.82) is 0 Å². The number of aliphatic carboxylic acids is 1. The summed E-state index contributed by atoms with van der Waals surface area (Å²) in [6.45, 7) is 1.46. The molecule has 1 aromatic heterocycles. The SMILES string of the molecule is Cc1nc(CC(=O)NC2C(=O)N3C(C(=O)O)=C(CN=[N+]=[N-])CS[C@H]23)no1. The smallest absolute Gasteiger partial charge is 0.352 e. The topological polar surface area (TPSA) is 174 Å². The Morgan fingerprint density at radius 1 is 1.58 bits per heavy atom. The lowest BCUT2D eigenvalue weighted by Crippen LogP contribution is -2.70. The van der Waals surface area contributed by atoms with Crippen molar-refractivity contribution in [1.82, 2.24) is 20.4 Å². The number of nitrogens with zero attached hydrogens (tertiary/aromatic N) is 6. The normalized spacial score (nSPS) is 21.6. The summed E-state index contributed by atoms with van der Waals surface area (Å²) < 4.78 is 4.78. The third kappa shape index (κ3) is 3.21. The van der Waals surface area contributed by atoms with Gasteiger partial charge in [-0.15, -0.1) is 11.8 Å². The third-order valence-electron chi connectivity index (χ3n) is 3.78. The average Bonchev–Trinajstić information content (AvgIpc) is 3.01. The highest BCUT2D eigenvalue weighted by Crippen LogP contribution is 2.40. The Kier molecular flexibility index (Phi) is 4.82. The maximum Gasteiger partial charge on any atom is 0.352 e. The summed E-state index contributed by atoms with van der Waals surface area (Å²) in [4.78, 5) is 43.6. The van der Waals surface area contributed by atoms with Crippen molar-refractivity contribution >= 4 is 29.5 Å². The Hall–Kier alpha value is -3.05. The molecule has 0 saturated carbocycles. The van der Waals surface area contributed by atoms with Gasteiger partial charge in [-0.1, -0.05) is 10.3 Å². The van der Waals surface area contributed by atoms with Crippen LogP contribution in [0.3, 0.4) is 0 Å². The minimum absolute atomic E-state index is 0.129. The molecule has 1 unspecified atom stereocenters. The predicted octanol–water partition coefficient (Wildman–Crippen LogP) is -0.0306. The maximum absolute atomic E-state index is 12.4. The number of carbonyl (C=O) groups excluding carboxylic acids is 2. The first-order valence-electron chi connectivity index (χ1n) is 7.41. The van der Waals surface area contributed by atoms with Crippen LogP contribution in [0.15, 0.2) is 20.9 Å². The van der Waals surface area contributed by atoms with Gasteiger partial charge in [0.25, 0.3) is 5.91 Å². The molecular weight excluding hydrogens is 366 g/mol. The monoisotopic (exact) mass is 379 g/mol. The lowest BCUT2D eigenvalue weighted by atomic mass is 10.0. The number of aryl methyl sites for hydroxylation is 1. The van der Waals surface area contributed by atoms with Gasteiger partial charge in [0.15, 0.2) is 5.82 Å². The summed E-state index contributed by atoms with van der Waals surface area (Å²) >= 11 is 1.29. The summed E-state index contributed by atoms with van der Waals surface area (Å²) in [5, 5.41) is 18.4. The molecule has 2 atom stereocenters. The number of hydrogen-bond donors (Lipinski definition) is 2. The molecule has 1 fully saturated rings. The van der Waals surface area contributed by atoms with Crippen LogP contribution < -0.4 is 5.32 Å². The van der Waals surface area contributed by atoms with E-state index < -0.39 is 29.2 Å². The number of thioether (sulfide) groups is 1. The van der Waals surface area contributed by atoms with Gasteiger partial charge in [0.1, 0.15) is 17.1 Å². The summed E-state index contributed by atoms with van der Waals surface area (Å²) in [6.07, 6.45) is -0.151. The van der Waals surface area contributed by atoms with E-state index >= 15 is 0 Å². The number of hydrogen-bond acceptors (Lipinski definition) is 8. The van der Waals surface area contributed by atoms with Gasteiger partial charge < -0.3 is 14.9 Å². The largest absolute Gasteiger partial charge is 0.477 e. The molecule has 0 aromatic carbocycles. The van der Waals surface area contributed by atoms with E-state index in [4.69, 9.17) is 10.1 Å². The van der Waals surface area contributed by atoms with E-state index in [9.17, 15) is 19.5 Å². The Labute approximate surface area is 150 Å². The fourth-order valence-electron chi connectivity index (χ4n) is 2.70. The van der Waals surface area contributed by atoms with E-state index in [1.807, 2.05) is 0 Å². The molecule has 1 saturated heterocycles. The molecule has 2 aliphatic rings. The molecule has 2 N–H and O–H groups in total. The van der Waals surface area contributed by atoms with Crippen LogP contribution in [0, 0.1) is 6.92 Å². The van der Waals surface area contributed by atoms with Gasteiger partial charge in [0.05, 0.1) is 13.0 Å². The number of nitrogens with one attached hydrogen (secondary N) is 1. The Morgan fingerprint density at radius 3 is 2.96 bits per heavy atom. The molecule has 2 aliphatic heterocycles. The van der Waals surface area contributed by atoms with Gasteiger partial charge in [0, 0.05) is 17.6 Å². The lowest BCUT2D eigenvalue weighted by Gasteiger charge is -2.49. The zero-order chi connectivity index (χ0) is 18.8. The quantitative estimate of drug-likeness (QED) is 0.300. The number of carboxylic acids is 1. The van der Waals surface area contributed by atoms with Crippen molar-refractivity contribution in [2.45, 2.75) is 24.8 Å². The molecule has 13 heteroatoms.